The number of nitrogens with one attached hydrogen (secondary N) is 3. The maximum absolute atomic E-state index is 14.1. The van der Waals surface area contributed by atoms with Gasteiger partial charge in [-0.05, 0) is 61.6 Å². The van der Waals surface area contributed by atoms with E-state index in [1.807, 2.05) is 20.8 Å². The first-order chi connectivity index (χ1) is 17.1. The van der Waals surface area contributed by atoms with Gasteiger partial charge in [0.1, 0.15) is 18.4 Å². The zero-order chi connectivity index (χ0) is 26.3. The Balaban J connectivity index is 1.77. The highest BCUT2D eigenvalue weighted by Gasteiger charge is 2.37. The Labute approximate surface area is 212 Å². The minimum absolute atomic E-state index is 0.272. The van der Waals surface area contributed by atoms with Crippen LogP contribution in [0, 0.1) is 17.2 Å². The van der Waals surface area contributed by atoms with E-state index < -0.39 is 35.1 Å². The number of hydrogen-bond donors (Lipinski definition) is 4. The molecule has 1 saturated carbocycles. The van der Waals surface area contributed by atoms with Gasteiger partial charge >= 0.3 is 6.03 Å². The van der Waals surface area contributed by atoms with Crippen LogP contribution in [0.1, 0.15) is 65.7 Å². The molecule has 10 heteroatoms. The van der Waals surface area contributed by atoms with Crippen molar-refractivity contribution in [2.45, 2.75) is 71.8 Å². The molecule has 0 spiro atoms. The van der Waals surface area contributed by atoms with E-state index in [0.717, 1.165) is 63.7 Å². The smallest absolute Gasteiger partial charge is 0.319 e. The summed E-state index contributed by atoms with van der Waals surface area (Å²) in [4.78, 5) is 42.3. The average molecular weight is 506 g/mol. The molecule has 1 atom stereocenters. The van der Waals surface area contributed by atoms with Crippen LogP contribution < -0.4 is 21.0 Å². The Kier molecular flexibility index (Phi) is 9.53. The molecule has 4 amide bonds. The van der Waals surface area contributed by atoms with Crippen molar-refractivity contribution in [3.05, 3.63) is 24.0 Å². The Morgan fingerprint density at radius 2 is 1.78 bits per heavy atom. The molecular weight excluding hydrogens is 465 g/mol. The number of rotatable bonds is 8. The molecule has 0 unspecified atom stereocenters. The van der Waals surface area contributed by atoms with Crippen molar-refractivity contribution >= 4 is 29.2 Å². The molecule has 1 aliphatic heterocycles. The number of carbonyl (C=O) groups excluding carboxylic acids is 3. The number of benzene rings is 1. The van der Waals surface area contributed by atoms with E-state index in [2.05, 4.69) is 15.5 Å². The van der Waals surface area contributed by atoms with Gasteiger partial charge in [-0.25, -0.2) is 14.7 Å². The predicted octanol–water partition coefficient (Wildman–Crippen LogP) is 3.88. The zero-order valence-electron chi connectivity index (χ0n) is 21.6. The second kappa shape index (κ2) is 12.4. The topological polar surface area (TPSA) is 114 Å². The van der Waals surface area contributed by atoms with Crippen LogP contribution in [0.5, 0.6) is 0 Å². The highest BCUT2D eigenvalue weighted by Crippen LogP contribution is 2.30. The minimum atomic E-state index is -0.947. The van der Waals surface area contributed by atoms with Crippen LogP contribution in [0.15, 0.2) is 18.2 Å². The first-order valence-electron chi connectivity index (χ1n) is 12.9. The molecule has 36 heavy (non-hydrogen) atoms. The Morgan fingerprint density at radius 1 is 1.11 bits per heavy atom. The maximum Gasteiger partial charge on any atom is 0.319 e. The van der Waals surface area contributed by atoms with Crippen LogP contribution in [0.3, 0.4) is 0 Å². The number of urea groups is 1. The Hall–Kier alpha value is -2.88. The number of halogens is 1. The molecule has 0 radical (unpaired) electrons. The SMILES string of the molecule is CC(C)(C)[C@H](NC(=O)Nc1cc(F)ccc1N1CCCCC1)C(=O)N(CC(=O)NO)CC1CCCC1. The number of hydrogen-bond acceptors (Lipinski definition) is 5. The summed E-state index contributed by atoms with van der Waals surface area (Å²) >= 11 is 0. The van der Waals surface area contributed by atoms with E-state index in [9.17, 15) is 18.8 Å². The van der Waals surface area contributed by atoms with Crippen LogP contribution in [0.25, 0.3) is 0 Å². The third-order valence-corrected chi connectivity index (χ3v) is 7.02. The molecule has 1 heterocycles. The number of amides is 4. The zero-order valence-corrected chi connectivity index (χ0v) is 21.6. The van der Waals surface area contributed by atoms with Gasteiger partial charge in [0.15, 0.2) is 0 Å². The third-order valence-electron chi connectivity index (χ3n) is 7.02. The molecule has 1 aliphatic carbocycles. The van der Waals surface area contributed by atoms with Crippen molar-refractivity contribution in [1.82, 2.24) is 15.7 Å². The first kappa shape index (κ1) is 27.7. The average Bonchev–Trinajstić information content (AvgIpc) is 3.35. The molecule has 2 aliphatic rings. The van der Waals surface area contributed by atoms with Crippen LogP contribution in [0.2, 0.25) is 0 Å². The van der Waals surface area contributed by atoms with Crippen LogP contribution in [0.4, 0.5) is 20.6 Å². The molecule has 1 aromatic carbocycles. The van der Waals surface area contributed by atoms with E-state index in [4.69, 9.17) is 5.21 Å². The standard InChI is InChI=1S/C26H40FN5O4/c1-26(2,3)23(24(34)32(17-22(33)30-36)16-18-9-5-6-10-18)29-25(35)28-20-15-19(27)11-12-21(20)31-13-7-4-8-14-31/h11-12,15,18,23,36H,4-10,13-14,16-17H2,1-3H3,(H,30,33)(H2,28,29,35)/t23-/m1/s1. The quantitative estimate of drug-likeness (QED) is 0.316. The van der Waals surface area contributed by atoms with Gasteiger partial charge in [-0.2, -0.15) is 0 Å². The highest BCUT2D eigenvalue weighted by atomic mass is 19.1. The fraction of sp³-hybridized carbons (Fsp3) is 0.654. The van der Waals surface area contributed by atoms with Gasteiger partial charge in [-0.15, -0.1) is 0 Å². The summed E-state index contributed by atoms with van der Waals surface area (Å²) in [5.74, 6) is -1.28. The van der Waals surface area contributed by atoms with Crippen molar-refractivity contribution in [1.29, 1.82) is 0 Å². The molecule has 1 saturated heterocycles. The lowest BCUT2D eigenvalue weighted by atomic mass is 9.85. The van der Waals surface area contributed by atoms with Crippen LogP contribution in [-0.4, -0.2) is 60.2 Å². The molecule has 0 bridgehead atoms. The summed E-state index contributed by atoms with van der Waals surface area (Å²) in [5, 5.41) is 14.6. The number of hydroxylamine groups is 1. The molecule has 9 nitrogen and oxygen atoms in total. The van der Waals surface area contributed by atoms with Gasteiger partial charge in [0.05, 0.1) is 11.4 Å². The van der Waals surface area contributed by atoms with Gasteiger partial charge in [0, 0.05) is 19.6 Å². The lowest BCUT2D eigenvalue weighted by Gasteiger charge is -2.36. The molecule has 2 fully saturated rings. The Morgan fingerprint density at radius 3 is 2.39 bits per heavy atom. The molecule has 0 aromatic heterocycles. The number of piperidine rings is 1. The highest BCUT2D eigenvalue weighted by molar-refractivity contribution is 5.97. The third kappa shape index (κ3) is 7.56. The van der Waals surface area contributed by atoms with Crippen molar-refractivity contribution in [3.63, 3.8) is 0 Å². The van der Waals surface area contributed by atoms with Gasteiger partial charge in [0.25, 0.3) is 5.91 Å². The van der Waals surface area contributed by atoms with E-state index in [1.165, 1.54) is 17.0 Å². The summed E-state index contributed by atoms with van der Waals surface area (Å²) in [5.41, 5.74) is 2.01. The van der Waals surface area contributed by atoms with Crippen molar-refractivity contribution in [2.24, 2.45) is 11.3 Å². The van der Waals surface area contributed by atoms with Crippen LogP contribution >= 0.6 is 0 Å². The van der Waals surface area contributed by atoms with Gasteiger partial charge in [-0.3, -0.25) is 14.8 Å². The fourth-order valence-electron chi connectivity index (χ4n) is 5.09. The lowest BCUT2D eigenvalue weighted by Crippen LogP contribution is -2.57. The number of anilines is 2. The van der Waals surface area contributed by atoms with Gasteiger partial charge < -0.3 is 20.4 Å². The largest absolute Gasteiger partial charge is 0.370 e. The monoisotopic (exact) mass is 505 g/mol. The maximum atomic E-state index is 14.1. The van der Waals surface area contributed by atoms with E-state index in [-0.39, 0.29) is 12.5 Å². The predicted molar refractivity (Wildman–Crippen MR) is 136 cm³/mol. The normalized spacial score (nSPS) is 17.4. The van der Waals surface area contributed by atoms with Gasteiger partial charge in [-0.1, -0.05) is 33.6 Å². The summed E-state index contributed by atoms with van der Waals surface area (Å²) in [6, 6.07) is 2.76. The lowest BCUT2D eigenvalue weighted by molar-refractivity contribution is -0.142. The van der Waals surface area contributed by atoms with E-state index in [1.54, 1.807) is 11.5 Å². The molecule has 200 valence electrons. The van der Waals surface area contributed by atoms with Crippen molar-refractivity contribution in [2.75, 3.05) is 36.4 Å². The van der Waals surface area contributed by atoms with Gasteiger partial charge in [0.2, 0.25) is 5.91 Å². The minimum Gasteiger partial charge on any atom is -0.370 e. The number of carbonyl (C=O) groups is 3. The fourth-order valence-corrected chi connectivity index (χ4v) is 5.09. The molecular formula is C26H40FN5O4. The number of nitrogens with zero attached hydrogens (tertiary/aromatic N) is 2. The summed E-state index contributed by atoms with van der Waals surface area (Å²) < 4.78 is 14.1. The molecule has 4 N–H and O–H groups in total. The second-order valence-corrected chi connectivity index (χ2v) is 11.0. The Bertz CT molecular complexity index is 923. The molecule has 3 rings (SSSR count). The summed E-state index contributed by atoms with van der Waals surface area (Å²) in [7, 11) is 0. The summed E-state index contributed by atoms with van der Waals surface area (Å²) in [6.45, 7) is 7.23. The van der Waals surface area contributed by atoms with Crippen molar-refractivity contribution in [3.8, 4) is 0 Å². The van der Waals surface area contributed by atoms with E-state index >= 15 is 0 Å². The van der Waals surface area contributed by atoms with Crippen LogP contribution in [-0.2, 0) is 9.59 Å². The molecule has 1 aromatic rings. The second-order valence-electron chi connectivity index (χ2n) is 11.0. The van der Waals surface area contributed by atoms with E-state index in [0.29, 0.717) is 12.2 Å². The van der Waals surface area contributed by atoms with Crippen molar-refractivity contribution < 1.29 is 24.0 Å². The first-order valence-corrected chi connectivity index (χ1v) is 12.9. The summed E-state index contributed by atoms with van der Waals surface area (Å²) in [6.07, 6.45) is 7.30.